The number of amides is 1. The third-order valence-electron chi connectivity index (χ3n) is 7.03. The second-order valence-corrected chi connectivity index (χ2v) is 10.7. The maximum Gasteiger partial charge on any atom is 0.322 e. The Morgan fingerprint density at radius 1 is 1.18 bits per heavy atom. The SMILES string of the molecule is C=N/C=C(\C=C(/C)C#N)COc1cc(O[C@H]2CCc3c(-c4ccccc4F)cccc32)c(Cl)cc1CNCC(=O)NCC(=O)O. The number of carboxylic acids is 1. The van der Waals surface area contributed by atoms with Crippen molar-refractivity contribution in [2.45, 2.75) is 32.4 Å². The smallest absolute Gasteiger partial charge is 0.322 e. The summed E-state index contributed by atoms with van der Waals surface area (Å²) in [5.41, 5.74) is 5.00. The molecule has 1 aliphatic carbocycles. The number of hydrogen-bond acceptors (Lipinski definition) is 7. The molecule has 0 aliphatic heterocycles. The number of rotatable bonds is 14. The minimum Gasteiger partial charge on any atom is -0.488 e. The summed E-state index contributed by atoms with van der Waals surface area (Å²) < 4.78 is 27.2. The highest BCUT2D eigenvalue weighted by molar-refractivity contribution is 6.32. The minimum atomic E-state index is -1.15. The first-order valence-electron chi connectivity index (χ1n) is 14.1. The van der Waals surface area contributed by atoms with Crippen molar-refractivity contribution < 1.29 is 28.6 Å². The van der Waals surface area contributed by atoms with E-state index in [2.05, 4.69) is 28.4 Å². The molecule has 9 nitrogen and oxygen atoms in total. The number of allylic oxidation sites excluding steroid dienone is 1. The summed E-state index contributed by atoms with van der Waals surface area (Å²) in [7, 11) is 0. The molecule has 232 valence electrons. The zero-order valence-corrected chi connectivity index (χ0v) is 25.4. The summed E-state index contributed by atoms with van der Waals surface area (Å²) >= 11 is 6.70. The number of ether oxygens (including phenoxy) is 2. The van der Waals surface area contributed by atoms with E-state index in [9.17, 15) is 19.2 Å². The van der Waals surface area contributed by atoms with Crippen LogP contribution in [0.1, 0.15) is 36.1 Å². The van der Waals surface area contributed by atoms with Crippen LogP contribution in [-0.4, -0.2) is 43.4 Å². The zero-order chi connectivity index (χ0) is 32.3. The first-order chi connectivity index (χ1) is 21.7. The normalized spacial score (nSPS) is 14.3. The standard InChI is InChI=1S/C34H32ClFN4O5/c1-21(15-37)12-22(16-38-2)20-44-31-14-32(28(35)13-23(31)17-39-18-33(41)40-19-34(42)43)45-30-11-10-25-24(7-5-8-27(25)30)26-6-3-4-9-29(26)36/h3-9,12-14,16,30,39H,2,10-11,17-20H2,1H3,(H,40,41)(H,42,43)/b21-12+,22-16+/t30-/m0/s1. The lowest BCUT2D eigenvalue weighted by Crippen LogP contribution is -2.36. The van der Waals surface area contributed by atoms with Gasteiger partial charge in [0, 0.05) is 41.1 Å². The molecule has 0 heterocycles. The van der Waals surface area contributed by atoms with Gasteiger partial charge in [-0.05, 0) is 61.4 Å². The van der Waals surface area contributed by atoms with Crippen LogP contribution in [0.2, 0.25) is 5.02 Å². The predicted molar refractivity (Wildman–Crippen MR) is 170 cm³/mol. The largest absolute Gasteiger partial charge is 0.488 e. The quantitative estimate of drug-likeness (QED) is 0.114. The number of nitrogens with zero attached hydrogens (tertiary/aromatic N) is 2. The molecule has 3 aromatic carbocycles. The van der Waals surface area contributed by atoms with Crippen molar-refractivity contribution in [3.8, 4) is 28.7 Å². The van der Waals surface area contributed by atoms with Crippen LogP contribution in [0, 0.1) is 17.1 Å². The van der Waals surface area contributed by atoms with Gasteiger partial charge in [-0.1, -0.05) is 48.0 Å². The molecule has 0 saturated heterocycles. The third kappa shape index (κ3) is 8.79. The number of halogens is 2. The molecule has 1 aliphatic rings. The zero-order valence-electron chi connectivity index (χ0n) is 24.6. The van der Waals surface area contributed by atoms with E-state index in [1.165, 1.54) is 12.3 Å². The van der Waals surface area contributed by atoms with Crippen LogP contribution in [0.3, 0.4) is 0 Å². The number of aliphatic carboxylic acids is 1. The first kappa shape index (κ1) is 32.9. The molecule has 11 heteroatoms. The minimum absolute atomic E-state index is 0.0451. The lowest BCUT2D eigenvalue weighted by atomic mass is 9.96. The van der Waals surface area contributed by atoms with Gasteiger partial charge >= 0.3 is 5.97 Å². The Morgan fingerprint density at radius 2 is 1.96 bits per heavy atom. The van der Waals surface area contributed by atoms with Gasteiger partial charge in [0.25, 0.3) is 0 Å². The molecular weight excluding hydrogens is 599 g/mol. The summed E-state index contributed by atoms with van der Waals surface area (Å²) in [4.78, 5) is 26.5. The second-order valence-electron chi connectivity index (χ2n) is 10.3. The van der Waals surface area contributed by atoms with E-state index < -0.39 is 18.4 Å². The second kappa shape index (κ2) is 15.7. The predicted octanol–water partition coefficient (Wildman–Crippen LogP) is 5.94. The van der Waals surface area contributed by atoms with E-state index in [-0.39, 0.29) is 31.6 Å². The van der Waals surface area contributed by atoms with Crippen LogP contribution in [0.15, 0.2) is 83.0 Å². The summed E-state index contributed by atoms with van der Waals surface area (Å²) in [6.45, 7) is 4.73. The number of nitriles is 1. The van der Waals surface area contributed by atoms with Crippen molar-refractivity contribution in [2.24, 2.45) is 4.99 Å². The number of benzene rings is 3. The molecule has 0 unspecified atom stereocenters. The molecule has 0 aromatic heterocycles. The van der Waals surface area contributed by atoms with Gasteiger partial charge in [-0.3, -0.25) is 14.6 Å². The van der Waals surface area contributed by atoms with Crippen molar-refractivity contribution in [2.75, 3.05) is 19.7 Å². The molecule has 45 heavy (non-hydrogen) atoms. The van der Waals surface area contributed by atoms with Crippen molar-refractivity contribution in [1.29, 1.82) is 5.26 Å². The highest BCUT2D eigenvalue weighted by Gasteiger charge is 2.28. The van der Waals surface area contributed by atoms with Crippen molar-refractivity contribution in [3.05, 3.63) is 106 Å². The van der Waals surface area contributed by atoms with Crippen molar-refractivity contribution in [3.63, 3.8) is 0 Å². The van der Waals surface area contributed by atoms with E-state index in [0.29, 0.717) is 51.6 Å². The van der Waals surface area contributed by atoms with E-state index in [0.717, 1.165) is 16.7 Å². The average molecular weight is 631 g/mol. The summed E-state index contributed by atoms with van der Waals surface area (Å²) in [5.74, 6) is -1.14. The van der Waals surface area contributed by atoms with Gasteiger partial charge in [0.1, 0.15) is 36.6 Å². The van der Waals surface area contributed by atoms with E-state index in [1.807, 2.05) is 24.3 Å². The Morgan fingerprint density at radius 3 is 2.69 bits per heavy atom. The summed E-state index contributed by atoms with van der Waals surface area (Å²) in [6.07, 6.45) is 4.15. The lowest BCUT2D eigenvalue weighted by molar-refractivity contribution is -0.137. The number of carbonyl (C=O) groups is 2. The number of fused-ring (bicyclic) bond motifs is 1. The molecule has 3 N–H and O–H groups in total. The van der Waals surface area contributed by atoms with E-state index >= 15 is 0 Å². The molecule has 0 fully saturated rings. The van der Waals surface area contributed by atoms with Crippen molar-refractivity contribution in [1.82, 2.24) is 10.6 Å². The molecule has 0 radical (unpaired) electrons. The molecule has 0 saturated carbocycles. The monoisotopic (exact) mass is 630 g/mol. The molecule has 1 amide bonds. The van der Waals surface area contributed by atoms with Crippen LogP contribution in [0.5, 0.6) is 11.5 Å². The fraction of sp³-hybridized carbons (Fsp3) is 0.235. The number of hydrogen-bond donors (Lipinski definition) is 3. The molecular formula is C34H32ClFN4O5. The topological polar surface area (TPSA) is 133 Å². The highest BCUT2D eigenvalue weighted by atomic mass is 35.5. The van der Waals surface area contributed by atoms with Gasteiger partial charge in [-0.25, -0.2) is 4.39 Å². The first-order valence-corrected chi connectivity index (χ1v) is 14.5. The fourth-order valence-corrected chi connectivity index (χ4v) is 5.25. The molecule has 3 aromatic rings. The summed E-state index contributed by atoms with van der Waals surface area (Å²) in [6, 6.07) is 17.9. The average Bonchev–Trinajstić information content (AvgIpc) is 3.43. The number of nitrogens with one attached hydrogen (secondary N) is 2. The van der Waals surface area contributed by atoms with Crippen LogP contribution in [0.4, 0.5) is 4.39 Å². The summed E-state index contributed by atoms with van der Waals surface area (Å²) in [5, 5.41) is 23.6. The Kier molecular flexibility index (Phi) is 11.5. The van der Waals surface area contributed by atoms with Gasteiger partial charge in [0.15, 0.2) is 0 Å². The van der Waals surface area contributed by atoms with Gasteiger partial charge in [0.2, 0.25) is 5.91 Å². The third-order valence-corrected chi connectivity index (χ3v) is 7.33. The van der Waals surface area contributed by atoms with Crippen molar-refractivity contribution >= 4 is 30.2 Å². The molecule has 1 atom stereocenters. The Balaban J connectivity index is 1.59. The van der Waals surface area contributed by atoms with Crippen LogP contribution in [0.25, 0.3) is 11.1 Å². The van der Waals surface area contributed by atoms with E-state index in [4.69, 9.17) is 26.2 Å². The Bertz CT molecular complexity index is 1700. The maximum absolute atomic E-state index is 14.6. The van der Waals surface area contributed by atoms with Gasteiger partial charge in [-0.2, -0.15) is 5.26 Å². The maximum atomic E-state index is 14.6. The molecule has 0 spiro atoms. The fourth-order valence-electron chi connectivity index (χ4n) is 5.02. The van der Waals surface area contributed by atoms with E-state index in [1.54, 1.807) is 37.3 Å². The number of aliphatic imine (C=N–C) groups is 1. The van der Waals surface area contributed by atoms with Gasteiger partial charge in [0.05, 0.1) is 17.6 Å². The van der Waals surface area contributed by atoms with Crippen LogP contribution in [-0.2, 0) is 22.6 Å². The number of carboxylic acid groups (broad SMARTS) is 1. The Hall–Kier alpha value is -4.98. The van der Waals surface area contributed by atoms with Crippen LogP contribution >= 0.6 is 11.6 Å². The van der Waals surface area contributed by atoms with Crippen LogP contribution < -0.4 is 20.1 Å². The molecule has 4 rings (SSSR count). The Labute approximate surface area is 265 Å². The molecule has 0 bridgehead atoms. The van der Waals surface area contributed by atoms with Gasteiger partial charge < -0.3 is 25.2 Å². The highest BCUT2D eigenvalue weighted by Crippen LogP contribution is 2.43. The number of carbonyl (C=O) groups excluding carboxylic acids is 1. The lowest BCUT2D eigenvalue weighted by Gasteiger charge is -2.20. The van der Waals surface area contributed by atoms with Gasteiger partial charge in [-0.15, -0.1) is 0 Å².